The van der Waals surface area contributed by atoms with Crippen LogP contribution in [0.1, 0.15) is 24.5 Å². The maximum atomic E-state index is 12.8. The highest BCUT2D eigenvalue weighted by Crippen LogP contribution is 2.29. The van der Waals surface area contributed by atoms with E-state index >= 15 is 0 Å². The van der Waals surface area contributed by atoms with Crippen molar-refractivity contribution in [1.82, 2.24) is 5.32 Å². The Morgan fingerprint density at radius 1 is 1.11 bits per heavy atom. The fourth-order valence-electron chi connectivity index (χ4n) is 2.74. The Labute approximate surface area is 170 Å². The van der Waals surface area contributed by atoms with E-state index in [1.54, 1.807) is 6.92 Å². The van der Waals surface area contributed by atoms with Crippen molar-refractivity contribution < 1.29 is 13.2 Å². The lowest BCUT2D eigenvalue weighted by Crippen LogP contribution is -2.49. The lowest BCUT2D eigenvalue weighted by molar-refractivity contribution is -0.122. The smallest absolute Gasteiger partial charge is 0.244 e. The Balaban J connectivity index is 2.28. The van der Waals surface area contributed by atoms with Gasteiger partial charge in [-0.15, -0.1) is 0 Å². The second-order valence-electron chi connectivity index (χ2n) is 6.31. The second-order valence-corrected chi connectivity index (χ2v) is 9.05. The minimum atomic E-state index is -3.74. The number of benzene rings is 2. The van der Waals surface area contributed by atoms with Gasteiger partial charge in [0.05, 0.1) is 11.9 Å². The van der Waals surface area contributed by atoms with Crippen LogP contribution in [-0.4, -0.2) is 26.6 Å². The predicted molar refractivity (Wildman–Crippen MR) is 111 cm³/mol. The molecule has 2 aromatic carbocycles. The molecule has 2 rings (SSSR count). The molecular formula is C19H22Cl2N2O3S. The molecule has 5 nitrogen and oxygen atoms in total. The van der Waals surface area contributed by atoms with Crippen LogP contribution in [0.25, 0.3) is 0 Å². The molecule has 0 bridgehead atoms. The summed E-state index contributed by atoms with van der Waals surface area (Å²) in [6.45, 7) is 4.04. The van der Waals surface area contributed by atoms with Crippen molar-refractivity contribution in [2.75, 3.05) is 10.6 Å². The van der Waals surface area contributed by atoms with Gasteiger partial charge >= 0.3 is 0 Å². The fraction of sp³-hybridized carbons (Fsp3) is 0.316. The first-order chi connectivity index (χ1) is 12.6. The lowest BCUT2D eigenvalue weighted by Gasteiger charge is -2.30. The van der Waals surface area contributed by atoms with Gasteiger partial charge in [-0.2, -0.15) is 0 Å². The van der Waals surface area contributed by atoms with E-state index in [2.05, 4.69) is 5.32 Å². The van der Waals surface area contributed by atoms with Crippen LogP contribution >= 0.6 is 23.2 Å². The summed E-state index contributed by atoms with van der Waals surface area (Å²) in [5, 5.41) is 3.40. The van der Waals surface area contributed by atoms with Crippen molar-refractivity contribution in [3.05, 3.63) is 63.6 Å². The molecule has 0 heterocycles. The summed E-state index contributed by atoms with van der Waals surface area (Å²) in [4.78, 5) is 12.8. The molecule has 27 heavy (non-hydrogen) atoms. The topological polar surface area (TPSA) is 66.5 Å². The van der Waals surface area contributed by atoms with Gasteiger partial charge in [-0.05, 0) is 37.1 Å². The van der Waals surface area contributed by atoms with Crippen LogP contribution in [0.15, 0.2) is 42.5 Å². The van der Waals surface area contributed by atoms with Crippen LogP contribution in [0.3, 0.4) is 0 Å². The number of aryl methyl sites for hydroxylation is 1. The summed E-state index contributed by atoms with van der Waals surface area (Å²) in [6, 6.07) is 11.3. The van der Waals surface area contributed by atoms with Crippen LogP contribution in [-0.2, 0) is 21.4 Å². The Kier molecular flexibility index (Phi) is 7.14. The van der Waals surface area contributed by atoms with Gasteiger partial charge in [0, 0.05) is 16.6 Å². The molecule has 1 atom stereocenters. The summed E-state index contributed by atoms with van der Waals surface area (Å²) < 4.78 is 25.9. The van der Waals surface area contributed by atoms with E-state index in [0.717, 1.165) is 21.7 Å². The molecule has 0 saturated carbocycles. The Bertz CT molecular complexity index is 895. The monoisotopic (exact) mass is 428 g/mol. The Morgan fingerprint density at radius 2 is 1.67 bits per heavy atom. The first kappa shape index (κ1) is 21.5. The molecule has 0 radical (unpaired) electrons. The summed E-state index contributed by atoms with van der Waals surface area (Å²) in [7, 11) is -3.74. The van der Waals surface area contributed by atoms with Gasteiger partial charge < -0.3 is 5.32 Å². The zero-order valence-electron chi connectivity index (χ0n) is 15.4. The Morgan fingerprint density at radius 3 is 2.15 bits per heavy atom. The maximum absolute atomic E-state index is 12.8. The number of nitrogens with zero attached hydrogens (tertiary/aromatic N) is 1. The van der Waals surface area contributed by atoms with Gasteiger partial charge in [-0.3, -0.25) is 9.10 Å². The van der Waals surface area contributed by atoms with Gasteiger partial charge in [0.25, 0.3) is 0 Å². The number of anilines is 1. The number of carbonyl (C=O) groups is 1. The van der Waals surface area contributed by atoms with E-state index < -0.39 is 16.1 Å². The quantitative estimate of drug-likeness (QED) is 0.719. The average Bonchev–Trinajstić information content (AvgIpc) is 2.56. The molecule has 0 aromatic heterocycles. The standard InChI is InChI=1S/C19H22Cl2N2O3S/c1-4-18(19(24)22-12-14-7-5-13(2)6-8-14)23(27(3,25)26)17-10-15(20)9-16(21)11-17/h5-11,18H,4,12H2,1-3H3,(H,22,24)/t18-/m0/s1. The third-order valence-electron chi connectivity index (χ3n) is 4.02. The van der Waals surface area contributed by atoms with E-state index in [4.69, 9.17) is 23.2 Å². The highest BCUT2D eigenvalue weighted by molar-refractivity contribution is 7.92. The molecule has 0 aliphatic carbocycles. The van der Waals surface area contributed by atoms with E-state index in [1.165, 1.54) is 18.2 Å². The van der Waals surface area contributed by atoms with Crippen molar-refractivity contribution in [1.29, 1.82) is 0 Å². The number of halogens is 2. The van der Waals surface area contributed by atoms with E-state index in [9.17, 15) is 13.2 Å². The van der Waals surface area contributed by atoms with Gasteiger partial charge in [0.1, 0.15) is 6.04 Å². The minimum Gasteiger partial charge on any atom is -0.350 e. The predicted octanol–water partition coefficient (Wildman–Crippen LogP) is 4.16. The number of sulfonamides is 1. The zero-order valence-corrected chi connectivity index (χ0v) is 17.7. The second kappa shape index (κ2) is 8.95. The molecule has 0 aliphatic heterocycles. The van der Waals surface area contributed by atoms with Crippen LogP contribution in [0, 0.1) is 6.92 Å². The van der Waals surface area contributed by atoms with Gasteiger partial charge in [-0.1, -0.05) is 60.0 Å². The largest absolute Gasteiger partial charge is 0.350 e. The highest BCUT2D eigenvalue weighted by Gasteiger charge is 2.31. The molecule has 1 amide bonds. The molecule has 1 N–H and O–H groups in total. The minimum absolute atomic E-state index is 0.257. The fourth-order valence-corrected chi connectivity index (χ4v) is 4.45. The van der Waals surface area contributed by atoms with Crippen molar-refractivity contribution in [3.63, 3.8) is 0 Å². The molecule has 0 aliphatic rings. The average molecular weight is 429 g/mol. The van der Waals surface area contributed by atoms with Crippen LogP contribution in [0.4, 0.5) is 5.69 Å². The number of hydrogen-bond donors (Lipinski definition) is 1. The summed E-state index contributed by atoms with van der Waals surface area (Å²) in [5.74, 6) is -0.389. The third kappa shape index (κ3) is 5.86. The molecule has 8 heteroatoms. The molecule has 2 aromatic rings. The number of hydrogen-bond acceptors (Lipinski definition) is 3. The Hall–Kier alpha value is -1.76. The lowest BCUT2D eigenvalue weighted by atomic mass is 10.1. The van der Waals surface area contributed by atoms with E-state index in [1.807, 2.05) is 31.2 Å². The van der Waals surface area contributed by atoms with Gasteiger partial charge in [0.15, 0.2) is 0 Å². The third-order valence-corrected chi connectivity index (χ3v) is 5.64. The SMILES string of the molecule is CC[C@@H](C(=O)NCc1ccc(C)cc1)N(c1cc(Cl)cc(Cl)c1)S(C)(=O)=O. The van der Waals surface area contributed by atoms with Gasteiger partial charge in [0.2, 0.25) is 15.9 Å². The highest BCUT2D eigenvalue weighted by atomic mass is 35.5. The first-order valence-electron chi connectivity index (χ1n) is 8.40. The summed E-state index contributed by atoms with van der Waals surface area (Å²) >= 11 is 12.0. The van der Waals surface area contributed by atoms with Crippen LogP contribution in [0.2, 0.25) is 10.0 Å². The van der Waals surface area contributed by atoms with Crippen molar-refractivity contribution in [2.24, 2.45) is 0 Å². The normalized spacial score (nSPS) is 12.5. The van der Waals surface area contributed by atoms with E-state index in [0.29, 0.717) is 16.6 Å². The first-order valence-corrected chi connectivity index (χ1v) is 11.0. The van der Waals surface area contributed by atoms with Crippen LogP contribution in [0.5, 0.6) is 0 Å². The zero-order chi connectivity index (χ0) is 20.2. The summed E-state index contributed by atoms with van der Waals surface area (Å²) in [6.07, 6.45) is 1.34. The number of amides is 1. The van der Waals surface area contributed by atoms with Crippen molar-refractivity contribution in [3.8, 4) is 0 Å². The number of carbonyl (C=O) groups excluding carboxylic acids is 1. The number of rotatable bonds is 7. The van der Waals surface area contributed by atoms with Crippen LogP contribution < -0.4 is 9.62 Å². The van der Waals surface area contributed by atoms with Gasteiger partial charge in [-0.25, -0.2) is 8.42 Å². The molecular weight excluding hydrogens is 407 g/mol. The van der Waals surface area contributed by atoms with Crippen molar-refractivity contribution in [2.45, 2.75) is 32.9 Å². The molecule has 0 saturated heterocycles. The molecule has 0 fully saturated rings. The maximum Gasteiger partial charge on any atom is 0.244 e. The molecule has 0 unspecified atom stereocenters. The van der Waals surface area contributed by atoms with Crippen molar-refractivity contribution >= 4 is 44.8 Å². The van der Waals surface area contributed by atoms with E-state index in [-0.39, 0.29) is 18.0 Å². The molecule has 0 spiro atoms. The number of nitrogens with one attached hydrogen (secondary N) is 1. The molecule has 146 valence electrons. The summed E-state index contributed by atoms with van der Waals surface area (Å²) in [5.41, 5.74) is 2.31.